The van der Waals surface area contributed by atoms with Gasteiger partial charge in [0.1, 0.15) is 0 Å². The van der Waals surface area contributed by atoms with E-state index >= 15 is 0 Å². The van der Waals surface area contributed by atoms with E-state index in [9.17, 15) is 0 Å². The average Bonchev–Trinajstić information content (AvgIpc) is 2.50. The van der Waals surface area contributed by atoms with Gasteiger partial charge < -0.3 is 5.32 Å². The first-order chi connectivity index (χ1) is 7.15. The second-order valence-corrected chi connectivity index (χ2v) is 4.48. The highest BCUT2D eigenvalue weighted by molar-refractivity contribution is 6.31. The summed E-state index contributed by atoms with van der Waals surface area (Å²) < 4.78 is 1.97. The van der Waals surface area contributed by atoms with E-state index < -0.39 is 0 Å². The van der Waals surface area contributed by atoms with Gasteiger partial charge in [-0.1, -0.05) is 25.4 Å². The third-order valence-corrected chi connectivity index (χ3v) is 2.82. The van der Waals surface area contributed by atoms with E-state index in [0.29, 0.717) is 5.92 Å². The molecule has 4 heteroatoms. The zero-order chi connectivity index (χ0) is 11.3. The molecule has 1 aromatic heterocycles. The summed E-state index contributed by atoms with van der Waals surface area (Å²) in [4.78, 5) is 0. The van der Waals surface area contributed by atoms with Crippen LogP contribution in [0.4, 0.5) is 0 Å². The topological polar surface area (TPSA) is 29.9 Å². The molecule has 86 valence electrons. The molecule has 0 amide bonds. The Hall–Kier alpha value is -0.540. The monoisotopic (exact) mass is 229 g/mol. The van der Waals surface area contributed by atoms with Crippen molar-refractivity contribution in [3.63, 3.8) is 0 Å². The van der Waals surface area contributed by atoms with Gasteiger partial charge in [0.15, 0.2) is 0 Å². The van der Waals surface area contributed by atoms with E-state index in [1.54, 1.807) is 6.20 Å². The molecule has 0 saturated heterocycles. The fourth-order valence-corrected chi connectivity index (χ4v) is 1.63. The Balaban J connectivity index is 2.37. The Kier molecular flexibility index (Phi) is 5.12. The van der Waals surface area contributed by atoms with Gasteiger partial charge >= 0.3 is 0 Å². The predicted molar refractivity (Wildman–Crippen MR) is 64.3 cm³/mol. The van der Waals surface area contributed by atoms with Gasteiger partial charge in [-0.15, -0.1) is 0 Å². The van der Waals surface area contributed by atoms with Crippen LogP contribution in [0.15, 0.2) is 6.20 Å². The molecule has 0 bridgehead atoms. The molecule has 0 aromatic carbocycles. The first-order valence-corrected chi connectivity index (χ1v) is 5.91. The van der Waals surface area contributed by atoms with Crippen molar-refractivity contribution >= 4 is 11.6 Å². The molecule has 1 unspecified atom stereocenters. The van der Waals surface area contributed by atoms with Crippen LogP contribution in [0.25, 0.3) is 0 Å². The van der Waals surface area contributed by atoms with E-state index in [1.165, 1.54) is 6.42 Å². The molecule has 0 fully saturated rings. The molecule has 1 atom stereocenters. The van der Waals surface area contributed by atoms with E-state index in [1.807, 2.05) is 11.6 Å². The lowest BCUT2D eigenvalue weighted by atomic mass is 10.2. The van der Waals surface area contributed by atoms with Crippen molar-refractivity contribution in [1.82, 2.24) is 15.1 Å². The second-order valence-electron chi connectivity index (χ2n) is 4.07. The molecule has 15 heavy (non-hydrogen) atoms. The summed E-state index contributed by atoms with van der Waals surface area (Å²) in [6.07, 6.45) is 2.89. The lowest BCUT2D eigenvalue weighted by molar-refractivity contribution is 0.417. The molecule has 0 radical (unpaired) electrons. The van der Waals surface area contributed by atoms with Crippen LogP contribution in [-0.2, 0) is 6.54 Å². The highest BCUT2D eigenvalue weighted by Crippen LogP contribution is 2.14. The van der Waals surface area contributed by atoms with Crippen LogP contribution in [0.5, 0.6) is 0 Å². The van der Waals surface area contributed by atoms with Crippen LogP contribution in [0.1, 0.15) is 26.0 Å². The first kappa shape index (κ1) is 12.5. The highest BCUT2D eigenvalue weighted by atomic mass is 35.5. The summed E-state index contributed by atoms with van der Waals surface area (Å²) in [5.74, 6) is 0.575. The quantitative estimate of drug-likeness (QED) is 0.760. The minimum Gasteiger partial charge on any atom is -0.316 e. The van der Waals surface area contributed by atoms with Crippen molar-refractivity contribution in [1.29, 1.82) is 0 Å². The highest BCUT2D eigenvalue weighted by Gasteiger charge is 2.07. The largest absolute Gasteiger partial charge is 0.316 e. The Labute approximate surface area is 96.8 Å². The van der Waals surface area contributed by atoms with Gasteiger partial charge in [0.05, 0.1) is 16.9 Å². The molecule has 0 aliphatic heterocycles. The van der Waals surface area contributed by atoms with Gasteiger partial charge in [-0.05, 0) is 32.4 Å². The zero-order valence-electron chi connectivity index (χ0n) is 9.76. The van der Waals surface area contributed by atoms with E-state index in [4.69, 9.17) is 11.6 Å². The van der Waals surface area contributed by atoms with Gasteiger partial charge in [-0.3, -0.25) is 4.68 Å². The second kappa shape index (κ2) is 6.13. The van der Waals surface area contributed by atoms with Crippen molar-refractivity contribution in [2.24, 2.45) is 5.92 Å². The van der Waals surface area contributed by atoms with Crippen molar-refractivity contribution in [2.75, 3.05) is 13.1 Å². The Morgan fingerprint density at radius 1 is 1.60 bits per heavy atom. The van der Waals surface area contributed by atoms with Crippen molar-refractivity contribution in [3.05, 3.63) is 16.9 Å². The van der Waals surface area contributed by atoms with Gasteiger partial charge in [-0.2, -0.15) is 5.10 Å². The maximum atomic E-state index is 5.94. The smallest absolute Gasteiger partial charge is 0.0814 e. The number of aromatic nitrogens is 2. The number of hydrogen-bond donors (Lipinski definition) is 1. The summed E-state index contributed by atoms with van der Waals surface area (Å²) in [6.45, 7) is 9.44. The van der Waals surface area contributed by atoms with Gasteiger partial charge in [0.2, 0.25) is 0 Å². The lowest BCUT2D eigenvalue weighted by Crippen LogP contribution is -2.25. The molecule has 0 aliphatic carbocycles. The fourth-order valence-electron chi connectivity index (χ4n) is 1.49. The molecular formula is C11H20ClN3. The van der Waals surface area contributed by atoms with E-state index in [0.717, 1.165) is 30.4 Å². The third-order valence-electron chi connectivity index (χ3n) is 2.45. The first-order valence-electron chi connectivity index (χ1n) is 5.53. The van der Waals surface area contributed by atoms with Crippen LogP contribution < -0.4 is 5.32 Å². The summed E-state index contributed by atoms with van der Waals surface area (Å²) in [5.41, 5.74) is 1.05. The Morgan fingerprint density at radius 2 is 2.33 bits per heavy atom. The molecule has 1 aromatic rings. The summed E-state index contributed by atoms with van der Waals surface area (Å²) in [7, 11) is 0. The SMILES string of the molecule is CCCNCC(C)Cn1ncc(Cl)c1C. The molecule has 0 saturated carbocycles. The average molecular weight is 230 g/mol. The molecular weight excluding hydrogens is 210 g/mol. The zero-order valence-corrected chi connectivity index (χ0v) is 10.5. The summed E-state index contributed by atoms with van der Waals surface area (Å²) in [5, 5.41) is 8.40. The molecule has 0 aliphatic rings. The van der Waals surface area contributed by atoms with Crippen LogP contribution >= 0.6 is 11.6 Å². The van der Waals surface area contributed by atoms with Gasteiger partial charge in [0, 0.05) is 6.54 Å². The minimum absolute atomic E-state index is 0.575. The van der Waals surface area contributed by atoms with Crippen LogP contribution in [0.2, 0.25) is 5.02 Å². The number of nitrogens with zero attached hydrogens (tertiary/aromatic N) is 2. The minimum atomic E-state index is 0.575. The predicted octanol–water partition coefficient (Wildman–Crippen LogP) is 2.48. The molecule has 0 spiro atoms. The molecule has 1 heterocycles. The number of halogens is 1. The fraction of sp³-hybridized carbons (Fsp3) is 0.727. The molecule has 1 rings (SSSR count). The number of hydrogen-bond acceptors (Lipinski definition) is 2. The maximum absolute atomic E-state index is 5.94. The molecule has 1 N–H and O–H groups in total. The molecule has 3 nitrogen and oxygen atoms in total. The Bertz CT molecular complexity index is 296. The normalized spacial score (nSPS) is 13.1. The van der Waals surface area contributed by atoms with Crippen molar-refractivity contribution in [2.45, 2.75) is 33.7 Å². The standard InChI is InChI=1S/C11H20ClN3/c1-4-5-13-6-9(2)8-15-10(3)11(12)7-14-15/h7,9,13H,4-6,8H2,1-3H3. The summed E-state index contributed by atoms with van der Waals surface area (Å²) >= 11 is 5.94. The van der Waals surface area contributed by atoms with Crippen molar-refractivity contribution in [3.8, 4) is 0 Å². The number of nitrogens with one attached hydrogen (secondary N) is 1. The van der Waals surface area contributed by atoms with Gasteiger partial charge in [0.25, 0.3) is 0 Å². The lowest BCUT2D eigenvalue weighted by Gasteiger charge is -2.13. The van der Waals surface area contributed by atoms with E-state index in [2.05, 4.69) is 24.3 Å². The van der Waals surface area contributed by atoms with E-state index in [-0.39, 0.29) is 0 Å². The number of rotatable bonds is 6. The van der Waals surface area contributed by atoms with Gasteiger partial charge in [-0.25, -0.2) is 0 Å². The van der Waals surface area contributed by atoms with Crippen molar-refractivity contribution < 1.29 is 0 Å². The van der Waals surface area contributed by atoms with Crippen LogP contribution in [0.3, 0.4) is 0 Å². The third kappa shape index (κ3) is 3.84. The summed E-state index contributed by atoms with van der Waals surface area (Å²) in [6, 6.07) is 0. The maximum Gasteiger partial charge on any atom is 0.0814 e. The van der Waals surface area contributed by atoms with Crippen LogP contribution in [-0.4, -0.2) is 22.9 Å². The Morgan fingerprint density at radius 3 is 2.87 bits per heavy atom. The van der Waals surface area contributed by atoms with Crippen LogP contribution in [0, 0.1) is 12.8 Å².